The molecule has 0 spiro atoms. The number of thiophene rings is 1. The standard InChI is InChI=1S/C15H17N3O2S/c1-4-10-6-7-13(21-10)11-8-18-9-12(14(19)20-5-2)17(3)15(18)16-11/h6-9H,4-5H2,1-3H3. The minimum absolute atomic E-state index is 0.323. The summed E-state index contributed by atoms with van der Waals surface area (Å²) >= 11 is 1.75. The molecule has 0 N–H and O–H groups in total. The van der Waals surface area contributed by atoms with Crippen LogP contribution in [0, 0.1) is 0 Å². The molecule has 3 aromatic rings. The predicted octanol–water partition coefficient (Wildman–Crippen LogP) is 3.14. The molecule has 3 aromatic heterocycles. The number of nitrogens with zero attached hydrogens (tertiary/aromatic N) is 3. The van der Waals surface area contributed by atoms with Gasteiger partial charge in [0.05, 0.1) is 11.5 Å². The topological polar surface area (TPSA) is 48.5 Å². The number of aromatic nitrogens is 3. The van der Waals surface area contributed by atoms with Crippen LogP contribution >= 0.6 is 11.3 Å². The lowest BCUT2D eigenvalue weighted by molar-refractivity contribution is 0.0515. The van der Waals surface area contributed by atoms with Crippen molar-refractivity contribution in [1.82, 2.24) is 14.0 Å². The van der Waals surface area contributed by atoms with Crippen LogP contribution in [0.2, 0.25) is 0 Å². The Morgan fingerprint density at radius 1 is 1.33 bits per heavy atom. The van der Waals surface area contributed by atoms with Gasteiger partial charge in [-0.25, -0.2) is 9.78 Å². The van der Waals surface area contributed by atoms with Gasteiger partial charge in [0.2, 0.25) is 5.78 Å². The predicted molar refractivity (Wildman–Crippen MR) is 82.8 cm³/mol. The number of ether oxygens (including phenoxy) is 1. The smallest absolute Gasteiger partial charge is 0.356 e. The normalized spacial score (nSPS) is 11.2. The highest BCUT2D eigenvalue weighted by molar-refractivity contribution is 7.15. The van der Waals surface area contributed by atoms with E-state index >= 15 is 0 Å². The van der Waals surface area contributed by atoms with E-state index in [0.717, 1.165) is 22.8 Å². The summed E-state index contributed by atoms with van der Waals surface area (Å²) in [4.78, 5) is 19.0. The van der Waals surface area contributed by atoms with E-state index in [-0.39, 0.29) is 5.97 Å². The first-order valence-electron chi connectivity index (χ1n) is 6.94. The van der Waals surface area contributed by atoms with Crippen LogP contribution in [0.5, 0.6) is 0 Å². The number of hydrogen-bond acceptors (Lipinski definition) is 4. The van der Waals surface area contributed by atoms with Gasteiger partial charge >= 0.3 is 5.97 Å². The molecular weight excluding hydrogens is 286 g/mol. The third-order valence-corrected chi connectivity index (χ3v) is 4.63. The Morgan fingerprint density at radius 2 is 2.14 bits per heavy atom. The van der Waals surface area contributed by atoms with Crippen LogP contribution in [0.25, 0.3) is 16.3 Å². The summed E-state index contributed by atoms with van der Waals surface area (Å²) in [5, 5.41) is 0. The van der Waals surface area contributed by atoms with Crippen molar-refractivity contribution in [2.45, 2.75) is 20.3 Å². The number of rotatable bonds is 4. The quantitative estimate of drug-likeness (QED) is 0.696. The molecule has 0 atom stereocenters. The van der Waals surface area contributed by atoms with Gasteiger partial charge in [-0.3, -0.25) is 4.40 Å². The lowest BCUT2D eigenvalue weighted by atomic mass is 10.3. The van der Waals surface area contributed by atoms with Crippen LogP contribution in [0.1, 0.15) is 29.2 Å². The van der Waals surface area contributed by atoms with Crippen molar-refractivity contribution in [1.29, 1.82) is 0 Å². The molecule has 0 unspecified atom stereocenters. The summed E-state index contributed by atoms with van der Waals surface area (Å²) in [6, 6.07) is 4.23. The zero-order chi connectivity index (χ0) is 15.0. The van der Waals surface area contributed by atoms with Gasteiger partial charge in [0.15, 0.2) is 0 Å². The number of hydrogen-bond donors (Lipinski definition) is 0. The highest BCUT2D eigenvalue weighted by Crippen LogP contribution is 2.28. The number of carbonyl (C=O) groups excluding carboxylic acids is 1. The molecule has 0 bridgehead atoms. The van der Waals surface area contributed by atoms with Gasteiger partial charge in [0, 0.05) is 24.3 Å². The summed E-state index contributed by atoms with van der Waals surface area (Å²) in [6.07, 6.45) is 4.74. The van der Waals surface area contributed by atoms with Gasteiger partial charge in [-0.05, 0) is 25.5 Å². The monoisotopic (exact) mass is 303 g/mol. The molecule has 110 valence electrons. The van der Waals surface area contributed by atoms with Gasteiger partial charge in [0.25, 0.3) is 0 Å². The molecule has 0 aromatic carbocycles. The van der Waals surface area contributed by atoms with E-state index in [1.165, 1.54) is 4.88 Å². The molecule has 0 aliphatic carbocycles. The largest absolute Gasteiger partial charge is 0.461 e. The van der Waals surface area contributed by atoms with Crippen molar-refractivity contribution in [3.63, 3.8) is 0 Å². The molecule has 0 amide bonds. The maximum absolute atomic E-state index is 11.8. The van der Waals surface area contributed by atoms with E-state index in [0.29, 0.717) is 12.3 Å². The van der Waals surface area contributed by atoms with E-state index < -0.39 is 0 Å². The van der Waals surface area contributed by atoms with Crippen molar-refractivity contribution in [3.8, 4) is 10.6 Å². The second-order valence-electron chi connectivity index (χ2n) is 4.75. The average molecular weight is 303 g/mol. The molecule has 0 radical (unpaired) electrons. The number of esters is 1. The fourth-order valence-electron chi connectivity index (χ4n) is 2.27. The summed E-state index contributed by atoms with van der Waals surface area (Å²) < 4.78 is 8.67. The highest BCUT2D eigenvalue weighted by Gasteiger charge is 2.17. The fraction of sp³-hybridized carbons (Fsp3) is 0.333. The van der Waals surface area contributed by atoms with E-state index in [1.807, 2.05) is 17.6 Å². The minimum atomic E-state index is -0.323. The molecule has 0 saturated heterocycles. The average Bonchev–Trinajstić information content (AvgIpc) is 3.14. The van der Waals surface area contributed by atoms with E-state index in [9.17, 15) is 4.79 Å². The summed E-state index contributed by atoms with van der Waals surface area (Å²) in [5.41, 5.74) is 1.44. The van der Waals surface area contributed by atoms with E-state index in [1.54, 1.807) is 29.0 Å². The third-order valence-electron chi connectivity index (χ3n) is 3.38. The zero-order valence-corrected chi connectivity index (χ0v) is 13.1. The van der Waals surface area contributed by atoms with Crippen LogP contribution in [0.4, 0.5) is 0 Å². The maximum Gasteiger partial charge on any atom is 0.356 e. The van der Waals surface area contributed by atoms with Gasteiger partial charge in [-0.1, -0.05) is 6.92 Å². The van der Waals surface area contributed by atoms with Crippen LogP contribution in [0.15, 0.2) is 24.5 Å². The van der Waals surface area contributed by atoms with Crippen molar-refractivity contribution in [2.75, 3.05) is 6.61 Å². The molecule has 3 rings (SSSR count). The second-order valence-corrected chi connectivity index (χ2v) is 5.92. The van der Waals surface area contributed by atoms with Crippen LogP contribution < -0.4 is 0 Å². The molecule has 0 aliphatic heterocycles. The van der Waals surface area contributed by atoms with Gasteiger partial charge in [-0.2, -0.15) is 0 Å². The van der Waals surface area contributed by atoms with E-state index in [2.05, 4.69) is 24.0 Å². The van der Waals surface area contributed by atoms with Crippen LogP contribution in [0.3, 0.4) is 0 Å². The Hall–Kier alpha value is -2.08. The third kappa shape index (κ3) is 2.35. The molecular formula is C15H17N3O2S. The Kier molecular flexibility index (Phi) is 3.55. The first-order chi connectivity index (χ1) is 10.1. The van der Waals surface area contributed by atoms with Crippen LogP contribution in [-0.4, -0.2) is 26.5 Å². The van der Waals surface area contributed by atoms with Gasteiger partial charge in [-0.15, -0.1) is 11.3 Å². The molecule has 0 fully saturated rings. The first-order valence-corrected chi connectivity index (χ1v) is 7.76. The Bertz CT molecular complexity index is 797. The van der Waals surface area contributed by atoms with Gasteiger partial charge in [0.1, 0.15) is 11.4 Å². The Morgan fingerprint density at radius 3 is 2.76 bits per heavy atom. The van der Waals surface area contributed by atoms with Crippen molar-refractivity contribution >= 4 is 23.1 Å². The Labute approximate surface area is 126 Å². The van der Waals surface area contributed by atoms with Crippen molar-refractivity contribution < 1.29 is 9.53 Å². The number of aryl methyl sites for hydroxylation is 2. The minimum Gasteiger partial charge on any atom is -0.461 e. The SMILES string of the molecule is CCOC(=O)c1cn2cc(-c3ccc(CC)s3)nc2n1C. The number of carbonyl (C=O) groups is 1. The Balaban J connectivity index is 2.00. The first kappa shape index (κ1) is 13.9. The fourth-order valence-corrected chi connectivity index (χ4v) is 3.17. The second kappa shape index (κ2) is 5.37. The summed E-state index contributed by atoms with van der Waals surface area (Å²) in [6.45, 7) is 4.31. The van der Waals surface area contributed by atoms with Crippen molar-refractivity contribution in [3.05, 3.63) is 35.1 Å². The molecule has 5 nitrogen and oxygen atoms in total. The summed E-state index contributed by atoms with van der Waals surface area (Å²) in [7, 11) is 1.82. The molecule has 3 heterocycles. The number of fused-ring (bicyclic) bond motifs is 1. The molecule has 0 saturated carbocycles. The molecule has 0 aliphatic rings. The van der Waals surface area contributed by atoms with Crippen LogP contribution in [-0.2, 0) is 18.2 Å². The zero-order valence-electron chi connectivity index (χ0n) is 12.3. The molecule has 6 heteroatoms. The van der Waals surface area contributed by atoms with Crippen molar-refractivity contribution in [2.24, 2.45) is 7.05 Å². The maximum atomic E-state index is 11.8. The summed E-state index contributed by atoms with van der Waals surface area (Å²) in [5.74, 6) is 0.413. The van der Waals surface area contributed by atoms with Gasteiger partial charge < -0.3 is 9.30 Å². The lowest BCUT2D eigenvalue weighted by Crippen LogP contribution is -2.09. The number of imidazole rings is 2. The van der Waals surface area contributed by atoms with E-state index in [4.69, 9.17) is 4.74 Å². The highest BCUT2D eigenvalue weighted by atomic mass is 32.1. The lowest BCUT2D eigenvalue weighted by Gasteiger charge is -2.01. The molecule has 21 heavy (non-hydrogen) atoms.